The first-order chi connectivity index (χ1) is 7.57. The summed E-state index contributed by atoms with van der Waals surface area (Å²) in [5, 5.41) is 0. The lowest BCUT2D eigenvalue weighted by Gasteiger charge is -2.19. The second-order valence-corrected chi connectivity index (χ2v) is 5.11. The Morgan fingerprint density at radius 2 is 1.56 bits per heavy atom. The van der Waals surface area contributed by atoms with E-state index in [2.05, 4.69) is 63.2 Å². The van der Waals surface area contributed by atoms with Crippen molar-refractivity contribution >= 4 is 0 Å². The lowest BCUT2D eigenvalue weighted by molar-refractivity contribution is 0.589. The topological polar surface area (TPSA) is 0 Å². The molecule has 0 spiro atoms. The summed E-state index contributed by atoms with van der Waals surface area (Å²) >= 11 is 0. The van der Waals surface area contributed by atoms with Gasteiger partial charge in [-0.25, -0.2) is 0 Å². The average molecular weight is 209 g/mol. The third kappa shape index (κ3) is 2.33. The van der Waals surface area contributed by atoms with Gasteiger partial charge in [0.1, 0.15) is 0 Å². The van der Waals surface area contributed by atoms with Crippen LogP contribution in [0.15, 0.2) is 48.5 Å². The molecule has 0 atom stereocenters. The molecule has 2 aromatic carbocycles. The zero-order valence-electron chi connectivity index (χ0n) is 10.1. The highest BCUT2D eigenvalue weighted by atomic mass is 14.2. The highest BCUT2D eigenvalue weighted by Gasteiger charge is 2.13. The summed E-state index contributed by atoms with van der Waals surface area (Å²) in [4.78, 5) is 0. The van der Waals surface area contributed by atoms with Gasteiger partial charge in [-0.2, -0.15) is 0 Å². The molecule has 0 saturated heterocycles. The second kappa shape index (κ2) is 4.13. The van der Waals surface area contributed by atoms with Crippen LogP contribution in [0.2, 0.25) is 0 Å². The van der Waals surface area contributed by atoms with Gasteiger partial charge >= 0.3 is 0 Å². The quantitative estimate of drug-likeness (QED) is 0.651. The van der Waals surface area contributed by atoms with Crippen LogP contribution in [-0.4, -0.2) is 0 Å². The number of rotatable bonds is 1. The van der Waals surface area contributed by atoms with Gasteiger partial charge in [-0.1, -0.05) is 69.3 Å². The Balaban J connectivity index is 2.45. The molecule has 0 fully saturated rings. The summed E-state index contributed by atoms with van der Waals surface area (Å²) in [6.45, 7) is 6.65. The number of hydrogen-bond acceptors (Lipinski definition) is 0. The summed E-state index contributed by atoms with van der Waals surface area (Å²) < 4.78 is 0. The molecule has 0 aliphatic carbocycles. The van der Waals surface area contributed by atoms with Gasteiger partial charge in [0.05, 0.1) is 0 Å². The van der Waals surface area contributed by atoms with E-state index in [9.17, 15) is 0 Å². The van der Waals surface area contributed by atoms with Crippen molar-refractivity contribution in [1.29, 1.82) is 0 Å². The zero-order valence-corrected chi connectivity index (χ0v) is 10.1. The first kappa shape index (κ1) is 10.9. The molecule has 0 nitrogen and oxygen atoms in total. The van der Waals surface area contributed by atoms with Gasteiger partial charge in [-0.15, -0.1) is 0 Å². The molecule has 1 radical (unpaired) electrons. The van der Waals surface area contributed by atoms with E-state index in [1.165, 1.54) is 16.7 Å². The van der Waals surface area contributed by atoms with Crippen LogP contribution in [0, 0.1) is 6.07 Å². The zero-order chi connectivity index (χ0) is 11.6. The van der Waals surface area contributed by atoms with Crippen molar-refractivity contribution in [3.63, 3.8) is 0 Å². The Hall–Kier alpha value is -1.56. The van der Waals surface area contributed by atoms with E-state index in [-0.39, 0.29) is 5.41 Å². The Bertz CT molecular complexity index is 461. The van der Waals surface area contributed by atoms with Gasteiger partial charge in [-0.3, -0.25) is 0 Å². The molecule has 0 amide bonds. The third-order valence-electron chi connectivity index (χ3n) is 2.72. The van der Waals surface area contributed by atoms with Crippen LogP contribution in [0.4, 0.5) is 0 Å². The average Bonchev–Trinajstić information content (AvgIpc) is 2.29. The largest absolute Gasteiger partial charge is 0.0622 e. The summed E-state index contributed by atoms with van der Waals surface area (Å²) in [6, 6.07) is 20.2. The molecule has 0 saturated carbocycles. The highest BCUT2D eigenvalue weighted by Crippen LogP contribution is 2.26. The van der Waals surface area contributed by atoms with Gasteiger partial charge in [0, 0.05) is 0 Å². The minimum Gasteiger partial charge on any atom is -0.0622 e. The van der Waals surface area contributed by atoms with Crippen LogP contribution in [-0.2, 0) is 5.41 Å². The van der Waals surface area contributed by atoms with Crippen LogP contribution in [0.25, 0.3) is 11.1 Å². The van der Waals surface area contributed by atoms with Crippen molar-refractivity contribution in [3.8, 4) is 11.1 Å². The summed E-state index contributed by atoms with van der Waals surface area (Å²) in [6.07, 6.45) is 0. The maximum atomic E-state index is 3.32. The maximum Gasteiger partial charge on any atom is -0.0125 e. The summed E-state index contributed by atoms with van der Waals surface area (Å²) in [5.41, 5.74) is 3.95. The van der Waals surface area contributed by atoms with Gasteiger partial charge in [0.15, 0.2) is 0 Å². The molecule has 0 aromatic heterocycles. The monoisotopic (exact) mass is 209 g/mol. The Morgan fingerprint density at radius 3 is 2.19 bits per heavy atom. The summed E-state index contributed by atoms with van der Waals surface area (Å²) in [7, 11) is 0. The highest BCUT2D eigenvalue weighted by molar-refractivity contribution is 5.64. The molecule has 0 unspecified atom stereocenters. The molecule has 0 heterocycles. The van der Waals surface area contributed by atoms with Gasteiger partial charge in [0.25, 0.3) is 0 Å². The minimum atomic E-state index is 0.158. The van der Waals surface area contributed by atoms with Gasteiger partial charge in [-0.05, 0) is 28.2 Å². The Morgan fingerprint density at radius 1 is 0.875 bits per heavy atom. The van der Waals surface area contributed by atoms with E-state index in [4.69, 9.17) is 0 Å². The Kier molecular flexibility index (Phi) is 2.82. The molecule has 2 rings (SSSR count). The fraction of sp³-hybridized carbons (Fsp3) is 0.250. The van der Waals surface area contributed by atoms with Crippen molar-refractivity contribution in [2.75, 3.05) is 0 Å². The molecule has 2 aromatic rings. The van der Waals surface area contributed by atoms with Crippen molar-refractivity contribution in [1.82, 2.24) is 0 Å². The van der Waals surface area contributed by atoms with Crippen LogP contribution >= 0.6 is 0 Å². The molecule has 0 N–H and O–H groups in total. The first-order valence-corrected chi connectivity index (χ1v) is 5.65. The molecule has 0 aliphatic rings. The van der Waals surface area contributed by atoms with Crippen LogP contribution in [0.1, 0.15) is 26.3 Å². The van der Waals surface area contributed by atoms with Crippen molar-refractivity contribution < 1.29 is 0 Å². The normalized spacial score (nSPS) is 11.4. The van der Waals surface area contributed by atoms with E-state index in [0.29, 0.717) is 0 Å². The van der Waals surface area contributed by atoms with E-state index in [1.807, 2.05) is 12.1 Å². The van der Waals surface area contributed by atoms with E-state index < -0.39 is 0 Å². The molecular formula is C16H17. The van der Waals surface area contributed by atoms with E-state index in [1.54, 1.807) is 0 Å². The van der Waals surface area contributed by atoms with Crippen molar-refractivity contribution in [3.05, 3.63) is 60.2 Å². The van der Waals surface area contributed by atoms with Crippen molar-refractivity contribution in [2.45, 2.75) is 26.2 Å². The van der Waals surface area contributed by atoms with Gasteiger partial charge < -0.3 is 0 Å². The number of benzene rings is 2. The molecule has 81 valence electrons. The van der Waals surface area contributed by atoms with Crippen LogP contribution in [0.3, 0.4) is 0 Å². The standard InChI is InChI=1S/C16H17/c1-16(2,3)15-11-7-10-14(12-15)13-8-5-4-6-9-13/h4-10,12H,1-3H3. The first-order valence-electron chi connectivity index (χ1n) is 5.65. The lowest BCUT2D eigenvalue weighted by Crippen LogP contribution is -2.10. The summed E-state index contributed by atoms with van der Waals surface area (Å²) in [5.74, 6) is 0. The number of hydrogen-bond donors (Lipinski definition) is 0. The molecule has 16 heavy (non-hydrogen) atoms. The van der Waals surface area contributed by atoms with Crippen LogP contribution in [0.5, 0.6) is 0 Å². The molecule has 0 heteroatoms. The van der Waals surface area contributed by atoms with Crippen molar-refractivity contribution in [2.24, 2.45) is 0 Å². The Labute approximate surface area is 97.9 Å². The fourth-order valence-electron chi connectivity index (χ4n) is 1.71. The van der Waals surface area contributed by atoms with Crippen LogP contribution < -0.4 is 0 Å². The van der Waals surface area contributed by atoms with Gasteiger partial charge in [0.2, 0.25) is 0 Å². The predicted molar refractivity (Wildman–Crippen MR) is 69.4 cm³/mol. The third-order valence-corrected chi connectivity index (χ3v) is 2.72. The van der Waals surface area contributed by atoms with E-state index >= 15 is 0 Å². The van der Waals surface area contributed by atoms with E-state index in [0.717, 1.165) is 0 Å². The SMILES string of the molecule is CC(C)(C)c1[c]ccc(-c2ccccc2)c1. The fourth-order valence-corrected chi connectivity index (χ4v) is 1.71. The minimum absolute atomic E-state index is 0.158. The predicted octanol–water partition coefficient (Wildman–Crippen LogP) is 4.45. The molecule has 0 bridgehead atoms. The molecular weight excluding hydrogens is 192 g/mol. The second-order valence-electron chi connectivity index (χ2n) is 5.11. The lowest BCUT2D eigenvalue weighted by atomic mass is 9.85. The smallest absolute Gasteiger partial charge is 0.0125 e. The molecule has 0 aliphatic heterocycles. The maximum absolute atomic E-state index is 3.32.